The largest absolute Gasteiger partial charge is 0.481 e. The van der Waals surface area contributed by atoms with E-state index in [1.165, 1.54) is 23.5 Å². The Bertz CT molecular complexity index is 974. The number of aliphatic carboxylic acids is 1. The maximum absolute atomic E-state index is 13.4. The molecule has 0 bridgehead atoms. The van der Waals surface area contributed by atoms with Crippen molar-refractivity contribution in [2.45, 2.75) is 25.4 Å². The molecule has 0 radical (unpaired) electrons. The Hall–Kier alpha value is -2.51. The zero-order valence-corrected chi connectivity index (χ0v) is 14.3. The number of aromatic nitrogens is 1. The van der Waals surface area contributed by atoms with Gasteiger partial charge in [0.25, 0.3) is 0 Å². The average Bonchev–Trinajstić information content (AvgIpc) is 3.06. The summed E-state index contributed by atoms with van der Waals surface area (Å²) >= 11 is 1.51. The maximum atomic E-state index is 13.4. The first kappa shape index (κ1) is 16.0. The van der Waals surface area contributed by atoms with E-state index in [1.807, 2.05) is 36.2 Å². The fourth-order valence-corrected chi connectivity index (χ4v) is 4.24. The van der Waals surface area contributed by atoms with E-state index in [9.17, 15) is 14.3 Å². The molecule has 2 aromatic carbocycles. The molecular formula is C18H16FN3O2S. The van der Waals surface area contributed by atoms with Gasteiger partial charge < -0.3 is 10.1 Å². The summed E-state index contributed by atoms with van der Waals surface area (Å²) in [5, 5.41) is 12.0. The van der Waals surface area contributed by atoms with Gasteiger partial charge in [-0.2, -0.15) is 0 Å². The van der Waals surface area contributed by atoms with E-state index >= 15 is 0 Å². The fraction of sp³-hybridized carbons (Fsp3) is 0.222. The van der Waals surface area contributed by atoms with Gasteiger partial charge in [0.05, 0.1) is 34.4 Å². The number of carboxylic acids is 1. The van der Waals surface area contributed by atoms with Gasteiger partial charge in [-0.05, 0) is 30.7 Å². The number of rotatable bonds is 4. The summed E-state index contributed by atoms with van der Waals surface area (Å²) in [6.45, 7) is 2.36. The molecule has 0 amide bonds. The van der Waals surface area contributed by atoms with Gasteiger partial charge in [-0.25, -0.2) is 14.8 Å². The van der Waals surface area contributed by atoms with Gasteiger partial charge in [-0.15, -0.1) is 11.3 Å². The summed E-state index contributed by atoms with van der Waals surface area (Å²) in [7, 11) is 0. The highest BCUT2D eigenvalue weighted by Crippen LogP contribution is 2.40. The molecule has 0 spiro atoms. The van der Waals surface area contributed by atoms with Gasteiger partial charge in [0.2, 0.25) is 0 Å². The number of anilines is 1. The number of carboxylic acid groups (broad SMARTS) is 1. The molecule has 3 aromatic rings. The first-order chi connectivity index (χ1) is 11.9. The van der Waals surface area contributed by atoms with Crippen molar-refractivity contribution in [3.8, 4) is 0 Å². The summed E-state index contributed by atoms with van der Waals surface area (Å²) < 4.78 is 14.3. The first-order valence-electron chi connectivity index (χ1n) is 7.86. The van der Waals surface area contributed by atoms with Crippen molar-refractivity contribution in [3.05, 3.63) is 58.9 Å². The molecule has 5 nitrogen and oxygen atoms in total. The van der Waals surface area contributed by atoms with Gasteiger partial charge in [-0.3, -0.25) is 4.79 Å². The van der Waals surface area contributed by atoms with E-state index in [0.29, 0.717) is 12.1 Å². The van der Waals surface area contributed by atoms with Gasteiger partial charge in [0.1, 0.15) is 10.8 Å². The lowest BCUT2D eigenvalue weighted by Crippen LogP contribution is -2.45. The van der Waals surface area contributed by atoms with Crippen LogP contribution in [0.1, 0.15) is 23.9 Å². The number of thiazole rings is 1. The zero-order valence-electron chi connectivity index (χ0n) is 13.5. The van der Waals surface area contributed by atoms with Crippen LogP contribution >= 0.6 is 11.3 Å². The highest BCUT2D eigenvalue weighted by atomic mass is 32.1. The molecule has 1 atom stereocenters. The van der Waals surface area contributed by atoms with Crippen LogP contribution in [0.25, 0.3) is 10.2 Å². The SMILES string of the molecule is CC1(CC(=O)O)NN(Cc2nc3cc(F)ccc3s2)c2ccccc21. The van der Waals surface area contributed by atoms with Crippen LogP contribution < -0.4 is 10.4 Å². The summed E-state index contributed by atoms with van der Waals surface area (Å²) in [6.07, 6.45) is -0.0223. The molecule has 2 N–H and O–H groups in total. The van der Waals surface area contributed by atoms with E-state index in [2.05, 4.69) is 10.4 Å². The summed E-state index contributed by atoms with van der Waals surface area (Å²) in [6, 6.07) is 12.3. The normalized spacial score (nSPS) is 19.4. The molecule has 7 heteroatoms. The lowest BCUT2D eigenvalue weighted by Gasteiger charge is -2.26. The van der Waals surface area contributed by atoms with Crippen molar-refractivity contribution in [1.29, 1.82) is 0 Å². The minimum Gasteiger partial charge on any atom is -0.481 e. The van der Waals surface area contributed by atoms with Crippen LogP contribution in [-0.2, 0) is 16.9 Å². The summed E-state index contributed by atoms with van der Waals surface area (Å²) in [4.78, 5) is 15.8. The molecule has 1 aromatic heterocycles. The Labute approximate surface area is 147 Å². The van der Waals surface area contributed by atoms with Crippen molar-refractivity contribution in [3.63, 3.8) is 0 Å². The standard InChI is InChI=1S/C18H16FN3O2S/c1-18(9-17(23)24)12-4-2-3-5-14(12)22(21-18)10-16-20-13-8-11(19)6-7-15(13)25-16/h2-8,21H,9-10H2,1H3,(H,23,24). The first-order valence-corrected chi connectivity index (χ1v) is 8.68. The number of para-hydroxylation sites is 1. The van der Waals surface area contributed by atoms with Gasteiger partial charge >= 0.3 is 5.97 Å². The van der Waals surface area contributed by atoms with E-state index in [1.54, 1.807) is 6.07 Å². The number of nitrogens with one attached hydrogen (secondary N) is 1. The van der Waals surface area contributed by atoms with Crippen molar-refractivity contribution in [2.24, 2.45) is 0 Å². The molecule has 0 aliphatic carbocycles. The Morgan fingerprint density at radius 2 is 2.16 bits per heavy atom. The Morgan fingerprint density at radius 1 is 1.36 bits per heavy atom. The van der Waals surface area contributed by atoms with E-state index in [4.69, 9.17) is 0 Å². The average molecular weight is 357 g/mol. The van der Waals surface area contributed by atoms with Crippen LogP contribution in [0.4, 0.5) is 10.1 Å². The second kappa shape index (κ2) is 5.79. The third-order valence-electron chi connectivity index (χ3n) is 4.36. The molecule has 0 saturated heterocycles. The minimum atomic E-state index is -0.859. The minimum absolute atomic E-state index is 0.0223. The quantitative estimate of drug-likeness (QED) is 0.746. The summed E-state index contributed by atoms with van der Waals surface area (Å²) in [5.74, 6) is -1.16. The Balaban J connectivity index is 1.67. The number of hydrogen-bond acceptors (Lipinski definition) is 5. The smallest absolute Gasteiger partial charge is 0.305 e. The van der Waals surface area contributed by atoms with Crippen LogP contribution in [0.5, 0.6) is 0 Å². The van der Waals surface area contributed by atoms with Crippen LogP contribution in [-0.4, -0.2) is 16.1 Å². The molecular weight excluding hydrogens is 341 g/mol. The highest BCUT2D eigenvalue weighted by Gasteiger charge is 2.40. The second-order valence-electron chi connectivity index (χ2n) is 6.34. The van der Waals surface area contributed by atoms with E-state index in [0.717, 1.165) is 21.0 Å². The molecule has 1 aliphatic heterocycles. The predicted octanol–water partition coefficient (Wildman–Crippen LogP) is 3.65. The van der Waals surface area contributed by atoms with Crippen molar-refractivity contribution in [1.82, 2.24) is 10.4 Å². The number of hydrogen-bond donors (Lipinski definition) is 2. The molecule has 1 aliphatic rings. The van der Waals surface area contributed by atoms with Crippen LogP contribution in [0.3, 0.4) is 0 Å². The highest BCUT2D eigenvalue weighted by molar-refractivity contribution is 7.18. The number of fused-ring (bicyclic) bond motifs is 2. The number of carbonyl (C=O) groups is 1. The van der Waals surface area contributed by atoms with Crippen LogP contribution in [0.15, 0.2) is 42.5 Å². The monoisotopic (exact) mass is 357 g/mol. The lowest BCUT2D eigenvalue weighted by atomic mass is 9.90. The van der Waals surface area contributed by atoms with Gasteiger partial charge in [-0.1, -0.05) is 18.2 Å². The van der Waals surface area contributed by atoms with E-state index in [-0.39, 0.29) is 12.2 Å². The second-order valence-corrected chi connectivity index (χ2v) is 7.45. The molecule has 2 heterocycles. The number of benzene rings is 2. The predicted molar refractivity (Wildman–Crippen MR) is 94.9 cm³/mol. The molecule has 25 heavy (non-hydrogen) atoms. The molecule has 128 valence electrons. The number of nitrogens with zero attached hydrogens (tertiary/aromatic N) is 2. The topological polar surface area (TPSA) is 65.5 Å². The van der Waals surface area contributed by atoms with Crippen molar-refractivity contribution < 1.29 is 14.3 Å². The summed E-state index contributed by atoms with van der Waals surface area (Å²) in [5.41, 5.74) is 5.17. The van der Waals surface area contributed by atoms with Crippen molar-refractivity contribution in [2.75, 3.05) is 5.01 Å². The van der Waals surface area contributed by atoms with E-state index < -0.39 is 11.5 Å². The lowest BCUT2D eigenvalue weighted by molar-refractivity contribution is -0.138. The molecule has 0 fully saturated rings. The van der Waals surface area contributed by atoms with Gasteiger partial charge in [0.15, 0.2) is 0 Å². The Morgan fingerprint density at radius 3 is 2.96 bits per heavy atom. The van der Waals surface area contributed by atoms with Crippen molar-refractivity contribution >= 4 is 33.2 Å². The number of hydrazine groups is 1. The Kier molecular flexibility index (Phi) is 3.70. The molecule has 4 rings (SSSR count). The van der Waals surface area contributed by atoms with Crippen LogP contribution in [0, 0.1) is 5.82 Å². The fourth-order valence-electron chi connectivity index (χ4n) is 3.31. The third-order valence-corrected chi connectivity index (χ3v) is 5.38. The third kappa shape index (κ3) is 2.85. The molecule has 0 saturated carbocycles. The molecule has 1 unspecified atom stereocenters. The number of halogens is 1. The maximum Gasteiger partial charge on any atom is 0.305 e. The van der Waals surface area contributed by atoms with Crippen LogP contribution in [0.2, 0.25) is 0 Å². The zero-order chi connectivity index (χ0) is 17.6. The van der Waals surface area contributed by atoms with Gasteiger partial charge in [0, 0.05) is 6.07 Å².